The Morgan fingerprint density at radius 3 is 2.65 bits per heavy atom. The van der Waals surface area contributed by atoms with Crippen LogP contribution < -0.4 is 4.90 Å². The van der Waals surface area contributed by atoms with Crippen LogP contribution in [-0.4, -0.2) is 10.9 Å². The molecule has 3 rings (SSSR count). The Hall–Kier alpha value is -1.91. The number of aromatic nitrogens is 1. The second-order valence-electron chi connectivity index (χ2n) is 5.30. The molecule has 5 heteroatoms. The monoisotopic (exact) mass is 344 g/mol. The average Bonchev–Trinajstić information content (AvgIpc) is 2.99. The summed E-state index contributed by atoms with van der Waals surface area (Å²) in [5.41, 5.74) is 1.85. The summed E-state index contributed by atoms with van der Waals surface area (Å²) in [6.45, 7) is 2.53. The van der Waals surface area contributed by atoms with E-state index in [2.05, 4.69) is 4.98 Å². The first-order valence-corrected chi connectivity index (χ1v) is 8.78. The van der Waals surface area contributed by atoms with Gasteiger partial charge in [-0.3, -0.25) is 9.69 Å². The highest BCUT2D eigenvalue weighted by Gasteiger charge is 2.20. The molecule has 0 radical (unpaired) electrons. The smallest absolute Gasteiger partial charge is 0.229 e. The van der Waals surface area contributed by atoms with Crippen LogP contribution in [0.3, 0.4) is 0 Å². The van der Waals surface area contributed by atoms with E-state index in [0.717, 1.165) is 22.2 Å². The van der Waals surface area contributed by atoms with Gasteiger partial charge in [0.15, 0.2) is 5.13 Å². The number of para-hydroxylation sites is 1. The maximum absolute atomic E-state index is 12.6. The Morgan fingerprint density at radius 2 is 1.96 bits per heavy atom. The summed E-state index contributed by atoms with van der Waals surface area (Å²) in [6.07, 6.45) is 1.33. The number of halogens is 1. The number of nitrogens with zero attached hydrogens (tertiary/aromatic N) is 2. The number of fused-ring (bicyclic) bond motifs is 1. The van der Waals surface area contributed by atoms with E-state index in [1.54, 1.807) is 4.90 Å². The predicted molar refractivity (Wildman–Crippen MR) is 97.2 cm³/mol. The molecule has 0 atom stereocenters. The van der Waals surface area contributed by atoms with Crippen molar-refractivity contribution in [2.24, 2.45) is 0 Å². The zero-order chi connectivity index (χ0) is 16.2. The maximum atomic E-state index is 12.6. The van der Waals surface area contributed by atoms with Gasteiger partial charge in [0.25, 0.3) is 0 Å². The third-order valence-electron chi connectivity index (χ3n) is 3.54. The third-order valence-corrected chi connectivity index (χ3v) is 4.89. The molecule has 0 saturated carbocycles. The molecule has 23 heavy (non-hydrogen) atoms. The molecule has 3 aromatic rings. The van der Waals surface area contributed by atoms with Crippen LogP contribution in [-0.2, 0) is 11.3 Å². The molecule has 1 heterocycles. The van der Waals surface area contributed by atoms with Gasteiger partial charge in [-0.2, -0.15) is 0 Å². The van der Waals surface area contributed by atoms with Gasteiger partial charge in [-0.1, -0.05) is 66.3 Å². The van der Waals surface area contributed by atoms with Gasteiger partial charge in [-0.25, -0.2) is 4.98 Å². The summed E-state index contributed by atoms with van der Waals surface area (Å²) in [6, 6.07) is 15.7. The molecule has 0 saturated heterocycles. The molecule has 1 amide bonds. The van der Waals surface area contributed by atoms with E-state index in [0.29, 0.717) is 23.1 Å². The van der Waals surface area contributed by atoms with Crippen LogP contribution in [0.4, 0.5) is 5.13 Å². The van der Waals surface area contributed by atoms with Crippen LogP contribution in [0.1, 0.15) is 25.3 Å². The minimum Gasteiger partial charge on any atom is -0.284 e. The van der Waals surface area contributed by atoms with E-state index < -0.39 is 0 Å². The Kier molecular flexibility index (Phi) is 4.94. The first-order valence-electron chi connectivity index (χ1n) is 7.58. The first kappa shape index (κ1) is 16.0. The van der Waals surface area contributed by atoms with E-state index in [4.69, 9.17) is 11.6 Å². The number of amides is 1. The van der Waals surface area contributed by atoms with Crippen molar-refractivity contribution in [2.75, 3.05) is 4.90 Å². The third kappa shape index (κ3) is 3.54. The summed E-state index contributed by atoms with van der Waals surface area (Å²) in [5, 5.41) is 1.32. The number of hydrogen-bond donors (Lipinski definition) is 0. The van der Waals surface area contributed by atoms with E-state index >= 15 is 0 Å². The first-order chi connectivity index (χ1) is 11.2. The number of thiazole rings is 1. The molecule has 2 aromatic carbocycles. The van der Waals surface area contributed by atoms with Crippen molar-refractivity contribution in [1.82, 2.24) is 4.98 Å². The highest BCUT2D eigenvalue weighted by Crippen LogP contribution is 2.33. The molecule has 118 valence electrons. The molecule has 0 aliphatic heterocycles. The Morgan fingerprint density at radius 1 is 1.17 bits per heavy atom. The van der Waals surface area contributed by atoms with Crippen LogP contribution in [0, 0.1) is 0 Å². The zero-order valence-corrected chi connectivity index (χ0v) is 14.4. The number of anilines is 1. The van der Waals surface area contributed by atoms with Gasteiger partial charge in [0.2, 0.25) is 5.91 Å². The Bertz CT molecular complexity index is 816. The van der Waals surface area contributed by atoms with Gasteiger partial charge in [0, 0.05) is 6.42 Å². The molecule has 0 unspecified atom stereocenters. The fourth-order valence-electron chi connectivity index (χ4n) is 2.40. The van der Waals surface area contributed by atoms with Gasteiger partial charge >= 0.3 is 0 Å². The largest absolute Gasteiger partial charge is 0.284 e. The lowest BCUT2D eigenvalue weighted by Crippen LogP contribution is -2.29. The normalized spacial score (nSPS) is 10.9. The van der Waals surface area contributed by atoms with E-state index in [9.17, 15) is 4.79 Å². The minimum absolute atomic E-state index is 0.0894. The summed E-state index contributed by atoms with van der Waals surface area (Å²) in [7, 11) is 0. The van der Waals surface area contributed by atoms with Crippen LogP contribution >= 0.6 is 22.9 Å². The maximum Gasteiger partial charge on any atom is 0.229 e. The molecule has 3 nitrogen and oxygen atoms in total. The SMILES string of the molecule is CCCC(=O)N(Cc1ccccc1)c1nc2c(Cl)cccc2s1. The van der Waals surface area contributed by atoms with Crippen molar-refractivity contribution < 1.29 is 4.79 Å². The van der Waals surface area contributed by atoms with E-state index in [1.165, 1.54) is 11.3 Å². The standard InChI is InChI=1S/C18H17ClN2OS/c1-2-7-16(22)21(12-13-8-4-3-5-9-13)18-20-17-14(19)10-6-11-15(17)23-18/h3-6,8-11H,2,7,12H2,1H3. The fourth-order valence-corrected chi connectivity index (χ4v) is 3.68. The minimum atomic E-state index is 0.0894. The van der Waals surface area contributed by atoms with E-state index in [-0.39, 0.29) is 5.91 Å². The lowest BCUT2D eigenvalue weighted by molar-refractivity contribution is -0.118. The lowest BCUT2D eigenvalue weighted by atomic mass is 10.2. The highest BCUT2D eigenvalue weighted by molar-refractivity contribution is 7.22. The highest BCUT2D eigenvalue weighted by atomic mass is 35.5. The van der Waals surface area contributed by atoms with Crippen molar-refractivity contribution in [1.29, 1.82) is 0 Å². The van der Waals surface area contributed by atoms with Crippen molar-refractivity contribution >= 4 is 44.2 Å². The summed E-state index contributed by atoms with van der Waals surface area (Å²) < 4.78 is 0.995. The molecule has 0 bridgehead atoms. The molecule has 1 aromatic heterocycles. The van der Waals surface area contributed by atoms with Crippen molar-refractivity contribution in [3.63, 3.8) is 0 Å². The number of hydrogen-bond acceptors (Lipinski definition) is 3. The fraction of sp³-hybridized carbons (Fsp3) is 0.222. The van der Waals surface area contributed by atoms with Crippen LogP contribution in [0.15, 0.2) is 48.5 Å². The second kappa shape index (κ2) is 7.11. The van der Waals surface area contributed by atoms with E-state index in [1.807, 2.05) is 55.5 Å². The molecular weight excluding hydrogens is 328 g/mol. The Labute approximate surface area is 144 Å². The average molecular weight is 345 g/mol. The number of rotatable bonds is 5. The van der Waals surface area contributed by atoms with Gasteiger partial charge in [-0.05, 0) is 24.1 Å². The van der Waals surface area contributed by atoms with Crippen LogP contribution in [0.5, 0.6) is 0 Å². The van der Waals surface area contributed by atoms with Gasteiger partial charge < -0.3 is 0 Å². The summed E-state index contributed by atoms with van der Waals surface area (Å²) in [5.74, 6) is 0.0894. The van der Waals surface area contributed by atoms with Crippen molar-refractivity contribution in [3.8, 4) is 0 Å². The van der Waals surface area contributed by atoms with Gasteiger partial charge in [0.05, 0.1) is 16.3 Å². The Balaban J connectivity index is 1.99. The summed E-state index contributed by atoms with van der Waals surface area (Å²) >= 11 is 7.72. The molecular formula is C18H17ClN2OS. The molecule has 0 fully saturated rings. The molecule has 0 N–H and O–H groups in total. The molecule has 0 aliphatic carbocycles. The van der Waals surface area contributed by atoms with Crippen LogP contribution in [0.25, 0.3) is 10.2 Å². The quantitative estimate of drug-likeness (QED) is 0.630. The number of carbonyl (C=O) groups excluding carboxylic acids is 1. The predicted octanol–water partition coefficient (Wildman–Crippen LogP) is 5.28. The molecule has 0 spiro atoms. The second-order valence-corrected chi connectivity index (χ2v) is 6.71. The lowest BCUT2D eigenvalue weighted by Gasteiger charge is -2.19. The van der Waals surface area contributed by atoms with Crippen molar-refractivity contribution in [3.05, 3.63) is 59.1 Å². The van der Waals surface area contributed by atoms with Crippen molar-refractivity contribution in [2.45, 2.75) is 26.3 Å². The summed E-state index contributed by atoms with van der Waals surface area (Å²) in [4.78, 5) is 18.9. The van der Waals surface area contributed by atoms with Gasteiger partial charge in [-0.15, -0.1) is 0 Å². The number of carbonyl (C=O) groups is 1. The van der Waals surface area contributed by atoms with Crippen LogP contribution in [0.2, 0.25) is 5.02 Å². The number of benzene rings is 2. The zero-order valence-electron chi connectivity index (χ0n) is 12.8. The topological polar surface area (TPSA) is 33.2 Å². The van der Waals surface area contributed by atoms with Gasteiger partial charge in [0.1, 0.15) is 5.52 Å². The molecule has 0 aliphatic rings.